The van der Waals surface area contributed by atoms with Crippen molar-refractivity contribution >= 4 is 23.5 Å². The van der Waals surface area contributed by atoms with E-state index in [-0.39, 0.29) is 16.9 Å². The van der Waals surface area contributed by atoms with Crippen molar-refractivity contribution in [3.63, 3.8) is 0 Å². The molecule has 102 valence electrons. The standard InChI is InChI=1S/C15H19NO2S/c1-11(17)13-5-7-14(8-6-13)19-12(2)15(18)16-9-3-4-10-16/h5-8,12H,3-4,9-10H2,1-2H3. The number of hydrogen-bond acceptors (Lipinski definition) is 3. The fraction of sp³-hybridized carbons (Fsp3) is 0.467. The molecule has 0 radical (unpaired) electrons. The molecule has 1 aliphatic rings. The van der Waals surface area contributed by atoms with Gasteiger partial charge in [0.1, 0.15) is 0 Å². The van der Waals surface area contributed by atoms with Crippen LogP contribution in [0.1, 0.15) is 37.0 Å². The van der Waals surface area contributed by atoms with Gasteiger partial charge in [0.05, 0.1) is 5.25 Å². The molecule has 1 amide bonds. The molecule has 3 nitrogen and oxygen atoms in total. The van der Waals surface area contributed by atoms with Crippen molar-refractivity contribution in [3.05, 3.63) is 29.8 Å². The molecule has 1 heterocycles. The Labute approximate surface area is 118 Å². The molecule has 1 saturated heterocycles. The Morgan fingerprint density at radius 1 is 1.16 bits per heavy atom. The SMILES string of the molecule is CC(=O)c1ccc(SC(C)C(=O)N2CCCC2)cc1. The van der Waals surface area contributed by atoms with E-state index in [0.717, 1.165) is 30.8 Å². The third kappa shape index (κ3) is 3.60. The molecule has 0 aromatic heterocycles. The maximum atomic E-state index is 12.2. The first-order valence-corrected chi connectivity index (χ1v) is 7.52. The summed E-state index contributed by atoms with van der Waals surface area (Å²) in [6.07, 6.45) is 2.24. The third-order valence-electron chi connectivity index (χ3n) is 3.34. The van der Waals surface area contributed by atoms with Crippen molar-refractivity contribution in [2.45, 2.75) is 36.8 Å². The summed E-state index contributed by atoms with van der Waals surface area (Å²) in [5.41, 5.74) is 0.711. The molecular formula is C15H19NO2S. The van der Waals surface area contributed by atoms with Gasteiger partial charge in [0.15, 0.2) is 5.78 Å². The third-order valence-corrected chi connectivity index (χ3v) is 4.44. The predicted octanol–water partition coefficient (Wildman–Crippen LogP) is 2.99. The predicted molar refractivity (Wildman–Crippen MR) is 77.6 cm³/mol. The van der Waals surface area contributed by atoms with E-state index in [0.29, 0.717) is 5.56 Å². The molecule has 4 heteroatoms. The van der Waals surface area contributed by atoms with E-state index in [4.69, 9.17) is 0 Å². The molecular weight excluding hydrogens is 258 g/mol. The van der Waals surface area contributed by atoms with Crippen LogP contribution in [0.2, 0.25) is 0 Å². The van der Waals surface area contributed by atoms with Crippen molar-refractivity contribution in [2.24, 2.45) is 0 Å². The van der Waals surface area contributed by atoms with E-state index in [1.54, 1.807) is 18.7 Å². The minimum atomic E-state index is -0.0683. The van der Waals surface area contributed by atoms with Gasteiger partial charge in [-0.1, -0.05) is 12.1 Å². The van der Waals surface area contributed by atoms with Crippen molar-refractivity contribution in [1.29, 1.82) is 0 Å². The van der Waals surface area contributed by atoms with Crippen molar-refractivity contribution in [2.75, 3.05) is 13.1 Å². The molecule has 0 N–H and O–H groups in total. The van der Waals surface area contributed by atoms with Crippen LogP contribution in [0, 0.1) is 0 Å². The number of ketones is 1. The number of carbonyl (C=O) groups is 2. The molecule has 1 fully saturated rings. The first kappa shape index (κ1) is 14.1. The van der Waals surface area contributed by atoms with Crippen LogP contribution in [0.3, 0.4) is 0 Å². The minimum Gasteiger partial charge on any atom is -0.342 e. The summed E-state index contributed by atoms with van der Waals surface area (Å²) in [4.78, 5) is 26.3. The maximum absolute atomic E-state index is 12.2. The highest BCUT2D eigenvalue weighted by molar-refractivity contribution is 8.00. The average Bonchev–Trinajstić information content (AvgIpc) is 2.92. The smallest absolute Gasteiger partial charge is 0.235 e. The summed E-state index contributed by atoms with van der Waals surface area (Å²) < 4.78 is 0. The molecule has 1 aliphatic heterocycles. The van der Waals surface area contributed by atoms with E-state index >= 15 is 0 Å². The van der Waals surface area contributed by atoms with Crippen LogP contribution in [0.25, 0.3) is 0 Å². The lowest BCUT2D eigenvalue weighted by molar-refractivity contribution is -0.129. The van der Waals surface area contributed by atoms with E-state index in [1.165, 1.54) is 0 Å². The van der Waals surface area contributed by atoms with Crippen LogP contribution in [0.5, 0.6) is 0 Å². The Balaban J connectivity index is 1.96. The summed E-state index contributed by atoms with van der Waals surface area (Å²) in [6.45, 7) is 5.30. The van der Waals surface area contributed by atoms with Gasteiger partial charge in [-0.15, -0.1) is 11.8 Å². The van der Waals surface area contributed by atoms with Gasteiger partial charge in [-0.25, -0.2) is 0 Å². The molecule has 0 aliphatic carbocycles. The number of Topliss-reactive ketones (excluding diaryl/α,β-unsaturated/α-hetero) is 1. The van der Waals surface area contributed by atoms with Crippen LogP contribution in [-0.4, -0.2) is 34.9 Å². The highest BCUT2D eigenvalue weighted by Gasteiger charge is 2.23. The number of hydrogen-bond donors (Lipinski definition) is 0. The Bertz CT molecular complexity index is 464. The highest BCUT2D eigenvalue weighted by atomic mass is 32.2. The molecule has 1 aromatic carbocycles. The van der Waals surface area contributed by atoms with Crippen LogP contribution >= 0.6 is 11.8 Å². The second kappa shape index (κ2) is 6.24. The quantitative estimate of drug-likeness (QED) is 0.627. The summed E-state index contributed by atoms with van der Waals surface area (Å²) in [5.74, 6) is 0.288. The van der Waals surface area contributed by atoms with E-state index in [9.17, 15) is 9.59 Å². The molecule has 1 unspecified atom stereocenters. The van der Waals surface area contributed by atoms with E-state index in [1.807, 2.05) is 36.1 Å². The van der Waals surface area contributed by atoms with Gasteiger partial charge in [0.2, 0.25) is 5.91 Å². The molecule has 0 spiro atoms. The molecule has 2 rings (SSSR count). The second-order valence-electron chi connectivity index (χ2n) is 4.87. The Morgan fingerprint density at radius 3 is 2.26 bits per heavy atom. The Morgan fingerprint density at radius 2 is 1.74 bits per heavy atom. The monoisotopic (exact) mass is 277 g/mol. The average molecular weight is 277 g/mol. The normalized spacial score (nSPS) is 16.4. The second-order valence-corrected chi connectivity index (χ2v) is 6.29. The molecule has 0 saturated carbocycles. The summed E-state index contributed by atoms with van der Waals surface area (Å²) >= 11 is 1.56. The number of benzene rings is 1. The van der Waals surface area contributed by atoms with Gasteiger partial charge in [-0.2, -0.15) is 0 Å². The molecule has 1 aromatic rings. The zero-order chi connectivity index (χ0) is 13.8. The molecule has 19 heavy (non-hydrogen) atoms. The van der Waals surface area contributed by atoms with Crippen LogP contribution in [0.4, 0.5) is 0 Å². The fourth-order valence-corrected chi connectivity index (χ4v) is 3.17. The lowest BCUT2D eigenvalue weighted by atomic mass is 10.2. The Kier molecular flexibility index (Phi) is 4.64. The zero-order valence-electron chi connectivity index (χ0n) is 11.4. The van der Waals surface area contributed by atoms with Crippen LogP contribution < -0.4 is 0 Å². The molecule has 0 bridgehead atoms. The number of amides is 1. The van der Waals surface area contributed by atoms with E-state index < -0.39 is 0 Å². The Hall–Kier alpha value is -1.29. The topological polar surface area (TPSA) is 37.4 Å². The summed E-state index contributed by atoms with van der Waals surface area (Å²) in [7, 11) is 0. The summed E-state index contributed by atoms with van der Waals surface area (Å²) in [5, 5.41) is -0.0683. The first-order valence-electron chi connectivity index (χ1n) is 6.64. The van der Waals surface area contributed by atoms with Gasteiger partial charge < -0.3 is 4.90 Å². The van der Waals surface area contributed by atoms with Crippen LogP contribution in [0.15, 0.2) is 29.2 Å². The number of rotatable bonds is 4. The van der Waals surface area contributed by atoms with Crippen molar-refractivity contribution in [3.8, 4) is 0 Å². The fourth-order valence-electron chi connectivity index (χ4n) is 2.22. The van der Waals surface area contributed by atoms with Crippen molar-refractivity contribution in [1.82, 2.24) is 4.90 Å². The number of thioether (sulfide) groups is 1. The zero-order valence-corrected chi connectivity index (χ0v) is 12.2. The lowest BCUT2D eigenvalue weighted by Crippen LogP contribution is -2.33. The van der Waals surface area contributed by atoms with Crippen LogP contribution in [-0.2, 0) is 4.79 Å². The number of carbonyl (C=O) groups excluding carboxylic acids is 2. The summed E-state index contributed by atoms with van der Waals surface area (Å²) in [6, 6.07) is 7.46. The highest BCUT2D eigenvalue weighted by Crippen LogP contribution is 2.26. The number of likely N-dealkylation sites (tertiary alicyclic amines) is 1. The minimum absolute atomic E-state index is 0.0674. The lowest BCUT2D eigenvalue weighted by Gasteiger charge is -2.19. The van der Waals surface area contributed by atoms with Gasteiger partial charge in [0.25, 0.3) is 0 Å². The largest absolute Gasteiger partial charge is 0.342 e. The van der Waals surface area contributed by atoms with Gasteiger partial charge in [-0.3, -0.25) is 9.59 Å². The molecule has 1 atom stereocenters. The van der Waals surface area contributed by atoms with Gasteiger partial charge >= 0.3 is 0 Å². The van der Waals surface area contributed by atoms with Gasteiger partial charge in [0, 0.05) is 23.5 Å². The van der Waals surface area contributed by atoms with Crippen molar-refractivity contribution < 1.29 is 9.59 Å². The maximum Gasteiger partial charge on any atom is 0.235 e. The number of nitrogens with zero attached hydrogens (tertiary/aromatic N) is 1. The first-order chi connectivity index (χ1) is 9.08. The van der Waals surface area contributed by atoms with E-state index in [2.05, 4.69) is 0 Å². The van der Waals surface area contributed by atoms with Gasteiger partial charge in [-0.05, 0) is 38.8 Å².